The highest BCUT2D eigenvalue weighted by atomic mass is 16.5. The summed E-state index contributed by atoms with van der Waals surface area (Å²) in [6.07, 6.45) is 1.89. The maximum Gasteiger partial charge on any atom is 0.373 e. The van der Waals surface area contributed by atoms with Crippen LogP contribution in [0, 0.1) is 0 Å². The molecule has 0 aliphatic rings. The van der Waals surface area contributed by atoms with Gasteiger partial charge in [-0.05, 0) is 25.1 Å². The lowest BCUT2D eigenvalue weighted by Gasteiger charge is -2.09. The van der Waals surface area contributed by atoms with Crippen LogP contribution in [0.2, 0.25) is 0 Å². The second-order valence-corrected chi connectivity index (χ2v) is 4.28. The molecule has 2 heterocycles. The fourth-order valence-electron chi connectivity index (χ4n) is 1.71. The predicted molar refractivity (Wildman–Crippen MR) is 68.5 cm³/mol. The van der Waals surface area contributed by atoms with Crippen molar-refractivity contribution >= 4 is 5.97 Å². The Kier molecular flexibility index (Phi) is 4.01. The first-order chi connectivity index (χ1) is 9.10. The molecule has 102 valence electrons. The molecule has 0 aliphatic heterocycles. The summed E-state index contributed by atoms with van der Waals surface area (Å²) in [6, 6.07) is 5.31. The van der Waals surface area contributed by atoms with Gasteiger partial charge in [-0.2, -0.15) is 5.10 Å². The van der Waals surface area contributed by atoms with Crippen molar-refractivity contribution in [2.45, 2.75) is 19.5 Å². The van der Waals surface area contributed by atoms with E-state index in [1.807, 2.05) is 26.2 Å². The SMILES string of the molecule is COC(=O)c1ccc(C(C)NCc2ccn(C)n2)o1. The summed E-state index contributed by atoms with van der Waals surface area (Å²) in [6.45, 7) is 2.60. The summed E-state index contributed by atoms with van der Waals surface area (Å²) < 4.78 is 11.8. The maximum atomic E-state index is 11.3. The normalized spacial score (nSPS) is 12.4. The van der Waals surface area contributed by atoms with Gasteiger partial charge in [0, 0.05) is 19.8 Å². The highest BCUT2D eigenvalue weighted by Gasteiger charge is 2.15. The number of furan rings is 1. The number of hydrogen-bond acceptors (Lipinski definition) is 5. The minimum atomic E-state index is -0.469. The van der Waals surface area contributed by atoms with Crippen LogP contribution in [0.5, 0.6) is 0 Å². The lowest BCUT2D eigenvalue weighted by molar-refractivity contribution is 0.0562. The van der Waals surface area contributed by atoms with Gasteiger partial charge in [0.15, 0.2) is 0 Å². The van der Waals surface area contributed by atoms with E-state index >= 15 is 0 Å². The number of nitrogens with zero attached hydrogens (tertiary/aromatic N) is 2. The van der Waals surface area contributed by atoms with Crippen molar-refractivity contribution < 1.29 is 13.9 Å². The van der Waals surface area contributed by atoms with Gasteiger partial charge in [-0.3, -0.25) is 4.68 Å². The average Bonchev–Trinajstić information content (AvgIpc) is 3.04. The molecule has 6 nitrogen and oxygen atoms in total. The Hall–Kier alpha value is -2.08. The third kappa shape index (κ3) is 3.23. The van der Waals surface area contributed by atoms with Crippen LogP contribution < -0.4 is 5.32 Å². The van der Waals surface area contributed by atoms with Gasteiger partial charge in [-0.15, -0.1) is 0 Å². The summed E-state index contributed by atoms with van der Waals surface area (Å²) >= 11 is 0. The van der Waals surface area contributed by atoms with Gasteiger partial charge in [-0.25, -0.2) is 4.79 Å². The highest BCUT2D eigenvalue weighted by molar-refractivity contribution is 5.86. The lowest BCUT2D eigenvalue weighted by atomic mass is 10.2. The molecule has 0 saturated heterocycles. The topological polar surface area (TPSA) is 69.3 Å². The van der Waals surface area contributed by atoms with Crippen LogP contribution >= 0.6 is 0 Å². The minimum Gasteiger partial charge on any atom is -0.463 e. The van der Waals surface area contributed by atoms with Crippen molar-refractivity contribution in [2.24, 2.45) is 7.05 Å². The summed E-state index contributed by atoms with van der Waals surface area (Å²) in [5, 5.41) is 7.55. The van der Waals surface area contributed by atoms with Crippen LogP contribution in [0.15, 0.2) is 28.8 Å². The zero-order valence-corrected chi connectivity index (χ0v) is 11.2. The van der Waals surface area contributed by atoms with Gasteiger partial charge < -0.3 is 14.5 Å². The first-order valence-corrected chi connectivity index (χ1v) is 6.00. The number of aryl methyl sites for hydroxylation is 1. The molecule has 0 aliphatic carbocycles. The third-order valence-electron chi connectivity index (χ3n) is 2.80. The number of hydrogen-bond donors (Lipinski definition) is 1. The van der Waals surface area contributed by atoms with Gasteiger partial charge in [0.1, 0.15) is 5.76 Å². The van der Waals surface area contributed by atoms with Gasteiger partial charge in [0.2, 0.25) is 5.76 Å². The number of ether oxygens (including phenoxy) is 1. The smallest absolute Gasteiger partial charge is 0.373 e. The van der Waals surface area contributed by atoms with Crippen LogP contribution in [0.1, 0.15) is 35.0 Å². The van der Waals surface area contributed by atoms with E-state index in [1.54, 1.807) is 16.8 Å². The van der Waals surface area contributed by atoms with E-state index in [2.05, 4.69) is 15.2 Å². The van der Waals surface area contributed by atoms with Gasteiger partial charge >= 0.3 is 5.97 Å². The first kappa shape index (κ1) is 13.4. The zero-order chi connectivity index (χ0) is 13.8. The summed E-state index contributed by atoms with van der Waals surface area (Å²) in [7, 11) is 3.20. The molecule has 19 heavy (non-hydrogen) atoms. The van der Waals surface area contributed by atoms with E-state index in [0.717, 1.165) is 5.69 Å². The summed E-state index contributed by atoms with van der Waals surface area (Å²) in [5.74, 6) is 0.434. The maximum absolute atomic E-state index is 11.3. The number of rotatable bonds is 5. The average molecular weight is 263 g/mol. The third-order valence-corrected chi connectivity index (χ3v) is 2.80. The molecule has 6 heteroatoms. The van der Waals surface area contributed by atoms with Crippen LogP contribution in [0.4, 0.5) is 0 Å². The van der Waals surface area contributed by atoms with E-state index in [0.29, 0.717) is 12.3 Å². The van der Waals surface area contributed by atoms with Crippen molar-refractivity contribution in [3.8, 4) is 0 Å². The fourth-order valence-corrected chi connectivity index (χ4v) is 1.71. The molecule has 2 aromatic rings. The summed E-state index contributed by atoms with van der Waals surface area (Å²) in [4.78, 5) is 11.3. The van der Waals surface area contributed by atoms with Crippen molar-refractivity contribution in [2.75, 3.05) is 7.11 Å². The molecule has 0 bridgehead atoms. The predicted octanol–water partition coefficient (Wildman–Crippen LogP) is 1.65. The van der Waals surface area contributed by atoms with Gasteiger partial charge in [0.05, 0.1) is 18.8 Å². The lowest BCUT2D eigenvalue weighted by Crippen LogP contribution is -2.18. The fraction of sp³-hybridized carbons (Fsp3) is 0.385. The number of aromatic nitrogens is 2. The molecule has 0 radical (unpaired) electrons. The van der Waals surface area contributed by atoms with Crippen LogP contribution in [0.25, 0.3) is 0 Å². The molecule has 0 spiro atoms. The van der Waals surface area contributed by atoms with Crippen molar-refractivity contribution in [3.05, 3.63) is 41.6 Å². The Morgan fingerprint density at radius 3 is 2.95 bits per heavy atom. The van der Waals surface area contributed by atoms with Crippen LogP contribution in [-0.4, -0.2) is 22.9 Å². The van der Waals surface area contributed by atoms with Gasteiger partial charge in [0.25, 0.3) is 0 Å². The molecule has 0 amide bonds. The number of carbonyl (C=O) groups is 1. The largest absolute Gasteiger partial charge is 0.463 e. The van der Waals surface area contributed by atoms with E-state index in [1.165, 1.54) is 7.11 Å². The Bertz CT molecular complexity index is 559. The van der Waals surface area contributed by atoms with Crippen molar-refractivity contribution in [1.82, 2.24) is 15.1 Å². The highest BCUT2D eigenvalue weighted by Crippen LogP contribution is 2.17. The van der Waals surface area contributed by atoms with E-state index in [9.17, 15) is 4.79 Å². The minimum absolute atomic E-state index is 0.0135. The first-order valence-electron chi connectivity index (χ1n) is 6.00. The number of methoxy groups -OCH3 is 1. The molecular weight excluding hydrogens is 246 g/mol. The monoisotopic (exact) mass is 263 g/mol. The molecular formula is C13H17N3O3. The van der Waals surface area contributed by atoms with E-state index in [-0.39, 0.29) is 11.8 Å². The molecule has 1 atom stereocenters. The molecule has 0 aromatic carbocycles. The molecule has 1 unspecified atom stereocenters. The molecule has 1 N–H and O–H groups in total. The molecule has 0 saturated carbocycles. The number of esters is 1. The molecule has 0 fully saturated rings. The second kappa shape index (κ2) is 5.71. The Morgan fingerprint density at radius 2 is 2.32 bits per heavy atom. The van der Waals surface area contributed by atoms with Crippen molar-refractivity contribution in [1.29, 1.82) is 0 Å². The number of carbonyl (C=O) groups excluding carboxylic acids is 1. The van der Waals surface area contributed by atoms with Crippen molar-refractivity contribution in [3.63, 3.8) is 0 Å². The van der Waals surface area contributed by atoms with Crippen LogP contribution in [0.3, 0.4) is 0 Å². The Labute approximate surface area is 111 Å². The summed E-state index contributed by atoms with van der Waals surface area (Å²) in [5.41, 5.74) is 0.953. The quantitative estimate of drug-likeness (QED) is 0.831. The zero-order valence-electron chi connectivity index (χ0n) is 11.2. The Morgan fingerprint density at radius 1 is 1.53 bits per heavy atom. The van der Waals surface area contributed by atoms with Crippen LogP contribution in [-0.2, 0) is 18.3 Å². The Balaban J connectivity index is 1.94. The molecule has 2 aromatic heterocycles. The van der Waals surface area contributed by atoms with Gasteiger partial charge in [-0.1, -0.05) is 0 Å². The standard InChI is InChI=1S/C13H17N3O3/c1-9(14-8-10-6-7-16(2)15-10)11-4-5-12(19-11)13(17)18-3/h4-7,9,14H,8H2,1-3H3. The molecule has 2 rings (SSSR count). The van der Waals surface area contributed by atoms with E-state index < -0.39 is 5.97 Å². The number of nitrogens with one attached hydrogen (secondary N) is 1. The van der Waals surface area contributed by atoms with E-state index in [4.69, 9.17) is 4.42 Å². The second-order valence-electron chi connectivity index (χ2n) is 4.28.